The van der Waals surface area contributed by atoms with E-state index in [2.05, 4.69) is 17.4 Å². The molecule has 0 saturated heterocycles. The quantitative estimate of drug-likeness (QED) is 0.365. The van der Waals surface area contributed by atoms with Gasteiger partial charge in [-0.3, -0.25) is 4.90 Å². The Balaban J connectivity index is 1.44. The minimum absolute atomic E-state index is 0.0568. The number of aliphatic carboxylic acids is 1. The first-order valence-electron chi connectivity index (χ1n) is 14.1. The molecule has 0 bridgehead atoms. The highest BCUT2D eigenvalue weighted by Gasteiger charge is 2.45. The van der Waals surface area contributed by atoms with Crippen LogP contribution in [0.4, 0.5) is 15.3 Å². The lowest BCUT2D eigenvalue weighted by Gasteiger charge is -2.34. The van der Waals surface area contributed by atoms with Gasteiger partial charge in [0.1, 0.15) is 12.2 Å². The number of para-hydroxylation sites is 1. The van der Waals surface area contributed by atoms with Crippen molar-refractivity contribution in [3.8, 4) is 11.1 Å². The molecule has 2 N–H and O–H groups in total. The maximum atomic E-state index is 13.4. The maximum absolute atomic E-state index is 13.4. The lowest BCUT2D eigenvalue weighted by atomic mass is 9.83. The number of nitrogens with zero attached hydrogens (tertiary/aromatic N) is 1. The van der Waals surface area contributed by atoms with Crippen molar-refractivity contribution >= 4 is 23.8 Å². The van der Waals surface area contributed by atoms with Crippen LogP contribution in [0.15, 0.2) is 72.8 Å². The van der Waals surface area contributed by atoms with Crippen molar-refractivity contribution in [2.24, 2.45) is 0 Å². The predicted octanol–water partition coefficient (Wildman–Crippen LogP) is 6.82. The fourth-order valence-electron chi connectivity index (χ4n) is 5.88. The molecule has 2 amide bonds. The molecule has 8 nitrogen and oxygen atoms in total. The molecule has 1 aliphatic carbocycles. The van der Waals surface area contributed by atoms with Gasteiger partial charge in [0.15, 0.2) is 5.54 Å². The first-order valence-corrected chi connectivity index (χ1v) is 14.1. The van der Waals surface area contributed by atoms with E-state index in [0.29, 0.717) is 37.1 Å². The normalized spacial score (nSPS) is 18.6. The molecule has 0 fully saturated rings. The van der Waals surface area contributed by atoms with Crippen LogP contribution in [0.25, 0.3) is 11.1 Å². The number of rotatable bonds is 4. The molecular formula is C33H36N2O6. The van der Waals surface area contributed by atoms with E-state index in [4.69, 9.17) is 9.47 Å². The highest BCUT2D eigenvalue weighted by molar-refractivity contribution is 5.93. The number of nitrogens with one attached hydrogen (secondary N) is 1. The Morgan fingerprint density at radius 1 is 0.902 bits per heavy atom. The SMILES string of the molecule is CC(C)(C)OC(=O)N1CCCCCC(NC(=O)OCC2c3ccccc3-c3ccccc32)(C(=O)O)c2ccccc21. The van der Waals surface area contributed by atoms with Crippen molar-refractivity contribution in [1.82, 2.24) is 5.32 Å². The molecule has 41 heavy (non-hydrogen) atoms. The summed E-state index contributed by atoms with van der Waals surface area (Å²) in [6, 6.07) is 22.8. The second-order valence-electron chi connectivity index (χ2n) is 11.6. The van der Waals surface area contributed by atoms with Gasteiger partial charge in [-0.1, -0.05) is 79.6 Å². The number of alkyl carbamates (subject to hydrolysis) is 1. The van der Waals surface area contributed by atoms with E-state index < -0.39 is 29.3 Å². The Hall–Kier alpha value is -4.33. The molecule has 1 unspecified atom stereocenters. The second-order valence-corrected chi connectivity index (χ2v) is 11.6. The third kappa shape index (κ3) is 5.64. The number of benzene rings is 3. The topological polar surface area (TPSA) is 105 Å². The number of carboxylic acid groups (broad SMARTS) is 1. The van der Waals surface area contributed by atoms with E-state index in [1.165, 1.54) is 4.90 Å². The summed E-state index contributed by atoms with van der Waals surface area (Å²) in [5.41, 5.74) is 2.51. The monoisotopic (exact) mass is 556 g/mol. The summed E-state index contributed by atoms with van der Waals surface area (Å²) in [7, 11) is 0. The van der Waals surface area contributed by atoms with Crippen LogP contribution in [0.3, 0.4) is 0 Å². The van der Waals surface area contributed by atoms with Crippen LogP contribution in [0.1, 0.15) is 69.1 Å². The third-order valence-corrected chi connectivity index (χ3v) is 7.73. The van der Waals surface area contributed by atoms with Gasteiger partial charge in [-0.2, -0.15) is 0 Å². The predicted molar refractivity (Wildman–Crippen MR) is 156 cm³/mol. The van der Waals surface area contributed by atoms with Crippen LogP contribution in [-0.4, -0.2) is 42.0 Å². The molecule has 2 aliphatic rings. The van der Waals surface area contributed by atoms with Gasteiger partial charge in [0, 0.05) is 18.0 Å². The number of carbonyl (C=O) groups excluding carboxylic acids is 2. The number of anilines is 1. The molecular weight excluding hydrogens is 520 g/mol. The Kier molecular flexibility index (Phi) is 7.76. The van der Waals surface area contributed by atoms with Gasteiger partial charge >= 0.3 is 18.2 Å². The summed E-state index contributed by atoms with van der Waals surface area (Å²) in [6.45, 7) is 5.78. The van der Waals surface area contributed by atoms with Gasteiger partial charge in [0.05, 0.1) is 5.69 Å². The third-order valence-electron chi connectivity index (χ3n) is 7.73. The van der Waals surface area contributed by atoms with Crippen molar-refractivity contribution in [1.29, 1.82) is 0 Å². The van der Waals surface area contributed by atoms with E-state index in [-0.39, 0.29) is 18.9 Å². The number of ether oxygens (including phenoxy) is 2. The number of amides is 2. The van der Waals surface area contributed by atoms with Crippen molar-refractivity contribution in [2.75, 3.05) is 18.1 Å². The zero-order chi connectivity index (χ0) is 29.2. The van der Waals surface area contributed by atoms with Gasteiger partial charge in [0.2, 0.25) is 0 Å². The lowest BCUT2D eigenvalue weighted by Crippen LogP contribution is -2.53. The average molecular weight is 557 g/mol. The molecule has 5 rings (SSSR count). The molecule has 1 aliphatic heterocycles. The number of carboxylic acids is 1. The smallest absolute Gasteiger partial charge is 0.414 e. The van der Waals surface area contributed by atoms with Crippen molar-refractivity contribution in [3.63, 3.8) is 0 Å². The van der Waals surface area contributed by atoms with E-state index in [1.807, 2.05) is 36.4 Å². The summed E-state index contributed by atoms with van der Waals surface area (Å²) in [5, 5.41) is 13.4. The van der Waals surface area contributed by atoms with Crippen LogP contribution in [-0.2, 0) is 19.8 Å². The summed E-state index contributed by atoms with van der Waals surface area (Å²) < 4.78 is 11.4. The molecule has 0 saturated carbocycles. The first kappa shape index (κ1) is 28.2. The minimum Gasteiger partial charge on any atom is -0.479 e. The summed E-state index contributed by atoms with van der Waals surface area (Å²) in [4.78, 5) is 41.2. The Morgan fingerprint density at radius 2 is 1.51 bits per heavy atom. The van der Waals surface area contributed by atoms with Gasteiger partial charge in [-0.25, -0.2) is 14.4 Å². The number of carbonyl (C=O) groups is 3. The Bertz CT molecular complexity index is 1420. The molecule has 8 heteroatoms. The van der Waals surface area contributed by atoms with Crippen molar-refractivity contribution in [3.05, 3.63) is 89.5 Å². The molecule has 1 atom stereocenters. The van der Waals surface area contributed by atoms with Crippen LogP contribution in [0, 0.1) is 0 Å². The van der Waals surface area contributed by atoms with Crippen LogP contribution >= 0.6 is 0 Å². The van der Waals surface area contributed by atoms with E-state index >= 15 is 0 Å². The largest absolute Gasteiger partial charge is 0.479 e. The Labute approximate surface area is 240 Å². The second kappa shape index (κ2) is 11.3. The first-order chi connectivity index (χ1) is 19.6. The average Bonchev–Trinajstić information content (AvgIpc) is 3.28. The Morgan fingerprint density at radius 3 is 2.15 bits per heavy atom. The molecule has 214 valence electrons. The van der Waals surface area contributed by atoms with Gasteiger partial charge < -0.3 is 19.9 Å². The fourth-order valence-corrected chi connectivity index (χ4v) is 5.88. The molecule has 3 aromatic rings. The van der Waals surface area contributed by atoms with Crippen LogP contribution < -0.4 is 10.2 Å². The van der Waals surface area contributed by atoms with Crippen LogP contribution in [0.2, 0.25) is 0 Å². The van der Waals surface area contributed by atoms with E-state index in [9.17, 15) is 19.5 Å². The molecule has 0 spiro atoms. The molecule has 0 aromatic heterocycles. The van der Waals surface area contributed by atoms with E-state index in [0.717, 1.165) is 22.3 Å². The van der Waals surface area contributed by atoms with E-state index in [1.54, 1.807) is 45.0 Å². The highest BCUT2D eigenvalue weighted by atomic mass is 16.6. The molecule has 1 heterocycles. The maximum Gasteiger partial charge on any atom is 0.414 e. The van der Waals surface area contributed by atoms with Gasteiger partial charge in [-0.15, -0.1) is 0 Å². The lowest BCUT2D eigenvalue weighted by molar-refractivity contribution is -0.145. The minimum atomic E-state index is -1.80. The van der Waals surface area contributed by atoms with Crippen LogP contribution in [0.5, 0.6) is 0 Å². The summed E-state index contributed by atoms with van der Waals surface area (Å²) in [6.07, 6.45) is 0.626. The van der Waals surface area contributed by atoms with Crippen molar-refractivity contribution in [2.45, 2.75) is 63.5 Å². The van der Waals surface area contributed by atoms with Gasteiger partial charge in [-0.05, 0) is 61.9 Å². The van der Waals surface area contributed by atoms with Gasteiger partial charge in [0.25, 0.3) is 0 Å². The number of hydrogen-bond donors (Lipinski definition) is 2. The fraction of sp³-hybridized carbons (Fsp3) is 0.364. The molecule has 3 aromatic carbocycles. The summed E-state index contributed by atoms with van der Waals surface area (Å²) >= 11 is 0. The number of fused-ring (bicyclic) bond motifs is 4. The number of hydrogen-bond acceptors (Lipinski definition) is 5. The summed E-state index contributed by atoms with van der Waals surface area (Å²) in [5.74, 6) is -1.38. The zero-order valence-corrected chi connectivity index (χ0v) is 23.7. The standard InChI is InChI=1S/C33H36N2O6/c1-32(2,3)41-31(39)35-20-12-4-11-19-33(29(36)37,27-17-9-10-18-28(27)35)34-30(38)40-21-26-24-15-7-5-13-22(24)23-14-6-8-16-25(23)26/h5-10,13-18,26H,4,11-12,19-21H2,1-3H3,(H,34,38)(H,36,37). The molecule has 0 radical (unpaired) electrons. The van der Waals surface area contributed by atoms with Crippen molar-refractivity contribution < 1.29 is 29.0 Å². The highest BCUT2D eigenvalue weighted by Crippen LogP contribution is 2.44. The zero-order valence-electron chi connectivity index (χ0n) is 23.7.